The highest BCUT2D eigenvalue weighted by atomic mass is 16.2. The van der Waals surface area contributed by atoms with Crippen molar-refractivity contribution >= 4 is 5.91 Å². The fourth-order valence-corrected chi connectivity index (χ4v) is 2.89. The van der Waals surface area contributed by atoms with Gasteiger partial charge in [0, 0.05) is 19.1 Å². The van der Waals surface area contributed by atoms with Crippen LogP contribution in [0.25, 0.3) is 0 Å². The lowest BCUT2D eigenvalue weighted by Crippen LogP contribution is -2.31. The molecule has 3 rings (SSSR count). The van der Waals surface area contributed by atoms with Gasteiger partial charge in [0.2, 0.25) is 0 Å². The monoisotopic (exact) mass is 274 g/mol. The summed E-state index contributed by atoms with van der Waals surface area (Å²) >= 11 is 0. The molecule has 1 fully saturated rings. The van der Waals surface area contributed by atoms with Gasteiger partial charge in [0.05, 0.1) is 23.5 Å². The summed E-state index contributed by atoms with van der Waals surface area (Å²) in [5, 5.41) is 3.46. The van der Waals surface area contributed by atoms with Gasteiger partial charge in [-0.2, -0.15) is 0 Å². The van der Waals surface area contributed by atoms with Crippen LogP contribution in [0.1, 0.15) is 40.6 Å². The average Bonchev–Trinajstić information content (AvgIpc) is 3.05. The van der Waals surface area contributed by atoms with Gasteiger partial charge in [-0.25, -0.2) is 0 Å². The number of carbonyl (C=O) groups is 1. The Balaban J connectivity index is 1.74. The molecule has 5 heteroatoms. The molecule has 0 unspecified atom stereocenters. The third-order valence-corrected chi connectivity index (χ3v) is 4.09. The van der Waals surface area contributed by atoms with Crippen molar-refractivity contribution in [2.45, 2.75) is 25.4 Å². The molecule has 0 bridgehead atoms. The van der Waals surface area contributed by atoms with Crippen LogP contribution in [0.3, 0.4) is 0 Å². The van der Waals surface area contributed by atoms with Gasteiger partial charge in [-0.15, -0.1) is 0 Å². The molecular formula is C15H22N4O. The fourth-order valence-electron chi connectivity index (χ4n) is 2.89. The van der Waals surface area contributed by atoms with Crippen LogP contribution < -0.4 is 5.32 Å². The van der Waals surface area contributed by atoms with Crippen molar-refractivity contribution in [1.82, 2.24) is 20.1 Å². The van der Waals surface area contributed by atoms with Crippen LogP contribution in [-0.2, 0) is 6.54 Å². The Morgan fingerprint density at radius 1 is 1.45 bits per heavy atom. The minimum Gasteiger partial charge on any atom is -0.331 e. The second-order valence-electron chi connectivity index (χ2n) is 5.91. The maximum Gasteiger partial charge on any atom is 0.256 e. The highest BCUT2D eigenvalue weighted by molar-refractivity contribution is 5.97. The van der Waals surface area contributed by atoms with Crippen molar-refractivity contribution in [3.05, 3.63) is 29.1 Å². The van der Waals surface area contributed by atoms with E-state index in [-0.39, 0.29) is 5.91 Å². The summed E-state index contributed by atoms with van der Waals surface area (Å²) in [5.74, 6) is 0.125. The van der Waals surface area contributed by atoms with Crippen LogP contribution in [0, 0.1) is 0 Å². The summed E-state index contributed by atoms with van der Waals surface area (Å²) in [6.07, 6.45) is 2.35. The van der Waals surface area contributed by atoms with Crippen molar-refractivity contribution in [2.75, 3.05) is 33.7 Å². The lowest BCUT2D eigenvalue weighted by molar-refractivity contribution is 0.0768. The molecule has 20 heavy (non-hydrogen) atoms. The predicted molar refractivity (Wildman–Crippen MR) is 77.5 cm³/mol. The van der Waals surface area contributed by atoms with Gasteiger partial charge in [0.1, 0.15) is 0 Å². The molecule has 1 aromatic rings. The molecule has 0 spiro atoms. The summed E-state index contributed by atoms with van der Waals surface area (Å²) in [7, 11) is 4.05. The van der Waals surface area contributed by atoms with E-state index >= 15 is 0 Å². The highest BCUT2D eigenvalue weighted by Crippen LogP contribution is 2.26. The Bertz CT molecular complexity index is 509. The molecule has 0 radical (unpaired) electrons. The third kappa shape index (κ3) is 2.55. The van der Waals surface area contributed by atoms with Crippen LogP contribution in [0.2, 0.25) is 0 Å². The molecule has 108 valence electrons. The van der Waals surface area contributed by atoms with Gasteiger partial charge in [-0.1, -0.05) is 0 Å². The number of aromatic nitrogens is 1. The lowest BCUT2D eigenvalue weighted by atomic mass is 10.1. The molecule has 1 atom stereocenters. The van der Waals surface area contributed by atoms with Gasteiger partial charge in [0.15, 0.2) is 0 Å². The molecule has 0 aliphatic carbocycles. The van der Waals surface area contributed by atoms with Gasteiger partial charge < -0.3 is 15.1 Å². The molecule has 1 amide bonds. The Hall–Kier alpha value is -1.46. The number of nitrogens with one attached hydrogen (secondary N) is 1. The van der Waals surface area contributed by atoms with Crippen LogP contribution in [0.5, 0.6) is 0 Å². The van der Waals surface area contributed by atoms with Gasteiger partial charge in [-0.05, 0) is 45.6 Å². The van der Waals surface area contributed by atoms with Gasteiger partial charge >= 0.3 is 0 Å². The maximum absolute atomic E-state index is 12.3. The Labute approximate surface area is 120 Å². The number of pyridine rings is 1. The highest BCUT2D eigenvalue weighted by Gasteiger charge is 2.29. The summed E-state index contributed by atoms with van der Waals surface area (Å²) in [5.41, 5.74) is 2.81. The minimum atomic E-state index is 0.125. The Kier molecular flexibility index (Phi) is 3.72. The van der Waals surface area contributed by atoms with E-state index in [9.17, 15) is 4.79 Å². The SMILES string of the molecule is CN(C)CCN1Cc2nc([C@@H]3CCCN3)ccc2C1=O. The first-order valence-electron chi connectivity index (χ1n) is 7.32. The van der Waals surface area contributed by atoms with Crippen LogP contribution >= 0.6 is 0 Å². The summed E-state index contributed by atoms with van der Waals surface area (Å²) < 4.78 is 0. The normalized spacial score (nSPS) is 21.9. The van der Waals surface area contributed by atoms with Crippen LogP contribution in [-0.4, -0.2) is 54.4 Å². The number of nitrogens with zero attached hydrogens (tertiary/aromatic N) is 3. The molecule has 0 aromatic carbocycles. The largest absolute Gasteiger partial charge is 0.331 e. The first kappa shape index (κ1) is 13.5. The zero-order valence-electron chi connectivity index (χ0n) is 12.2. The second-order valence-corrected chi connectivity index (χ2v) is 5.91. The van der Waals surface area contributed by atoms with E-state index in [1.165, 1.54) is 6.42 Å². The van der Waals surface area contributed by atoms with Crippen molar-refractivity contribution < 1.29 is 4.79 Å². The number of rotatable bonds is 4. The van der Waals surface area contributed by atoms with Crippen molar-refractivity contribution in [2.24, 2.45) is 0 Å². The van der Waals surface area contributed by atoms with E-state index in [0.29, 0.717) is 12.6 Å². The predicted octanol–water partition coefficient (Wildman–Crippen LogP) is 1.02. The fraction of sp³-hybridized carbons (Fsp3) is 0.600. The first-order valence-corrected chi connectivity index (χ1v) is 7.32. The number of fused-ring (bicyclic) bond motifs is 1. The minimum absolute atomic E-state index is 0.125. The first-order chi connectivity index (χ1) is 9.65. The third-order valence-electron chi connectivity index (χ3n) is 4.09. The van der Waals surface area contributed by atoms with Crippen molar-refractivity contribution in [3.8, 4) is 0 Å². The van der Waals surface area contributed by atoms with E-state index in [2.05, 4.69) is 10.2 Å². The quantitative estimate of drug-likeness (QED) is 0.890. The Morgan fingerprint density at radius 2 is 2.30 bits per heavy atom. The summed E-state index contributed by atoms with van der Waals surface area (Å²) in [6.45, 7) is 3.37. The van der Waals surface area contributed by atoms with E-state index < -0.39 is 0 Å². The lowest BCUT2D eigenvalue weighted by Gasteiger charge is -2.18. The topological polar surface area (TPSA) is 48.5 Å². The van der Waals surface area contributed by atoms with E-state index in [0.717, 1.165) is 43.0 Å². The van der Waals surface area contributed by atoms with Crippen LogP contribution in [0.4, 0.5) is 0 Å². The number of hydrogen-bond donors (Lipinski definition) is 1. The molecule has 1 aromatic heterocycles. The van der Waals surface area contributed by atoms with Gasteiger partial charge in [-0.3, -0.25) is 9.78 Å². The molecular weight excluding hydrogens is 252 g/mol. The van der Waals surface area contributed by atoms with Crippen molar-refractivity contribution in [3.63, 3.8) is 0 Å². The molecule has 3 heterocycles. The molecule has 1 N–H and O–H groups in total. The zero-order valence-corrected chi connectivity index (χ0v) is 12.2. The number of hydrogen-bond acceptors (Lipinski definition) is 4. The van der Waals surface area contributed by atoms with Crippen LogP contribution in [0.15, 0.2) is 12.1 Å². The number of likely N-dealkylation sites (N-methyl/N-ethyl adjacent to an activating group) is 1. The maximum atomic E-state index is 12.3. The molecule has 1 saturated heterocycles. The standard InChI is InChI=1S/C15H22N4O/c1-18(2)8-9-19-10-14-11(15(19)20)5-6-13(17-14)12-4-3-7-16-12/h5-6,12,16H,3-4,7-10H2,1-2H3/t12-/m0/s1. The van der Waals surface area contributed by atoms with Crippen molar-refractivity contribution in [1.29, 1.82) is 0 Å². The smallest absolute Gasteiger partial charge is 0.256 e. The molecule has 2 aliphatic heterocycles. The van der Waals surface area contributed by atoms with E-state index in [4.69, 9.17) is 4.98 Å². The second kappa shape index (κ2) is 5.50. The number of carbonyl (C=O) groups excluding carboxylic acids is 1. The molecule has 2 aliphatic rings. The zero-order chi connectivity index (χ0) is 14.1. The Morgan fingerprint density at radius 3 is 3.00 bits per heavy atom. The summed E-state index contributed by atoms with van der Waals surface area (Å²) in [6, 6.07) is 4.33. The van der Waals surface area contributed by atoms with E-state index in [1.54, 1.807) is 0 Å². The molecule has 0 saturated carbocycles. The average molecular weight is 274 g/mol. The number of amides is 1. The van der Waals surface area contributed by atoms with Gasteiger partial charge in [0.25, 0.3) is 5.91 Å². The molecule has 5 nitrogen and oxygen atoms in total. The van der Waals surface area contributed by atoms with E-state index in [1.807, 2.05) is 31.1 Å². The summed E-state index contributed by atoms with van der Waals surface area (Å²) in [4.78, 5) is 21.0.